The lowest BCUT2D eigenvalue weighted by Gasteiger charge is -2.15. The lowest BCUT2D eigenvalue weighted by Crippen LogP contribution is -2.18. The minimum absolute atomic E-state index is 0.0903. The predicted molar refractivity (Wildman–Crippen MR) is 82.4 cm³/mol. The van der Waals surface area contributed by atoms with Gasteiger partial charge in [-0.1, -0.05) is 24.3 Å². The van der Waals surface area contributed by atoms with Crippen LogP contribution in [-0.2, 0) is 11.3 Å². The van der Waals surface area contributed by atoms with Crippen LogP contribution in [0.5, 0.6) is 0 Å². The van der Waals surface area contributed by atoms with Crippen molar-refractivity contribution in [2.75, 3.05) is 5.32 Å². The number of amides is 1. The Balaban J connectivity index is 1.99. The topological polar surface area (TPSA) is 41.1 Å². The van der Waals surface area contributed by atoms with E-state index in [-0.39, 0.29) is 17.8 Å². The fourth-order valence-corrected chi connectivity index (χ4v) is 2.12. The highest BCUT2D eigenvalue weighted by atomic mass is 19.1. The van der Waals surface area contributed by atoms with Crippen molar-refractivity contribution in [3.05, 3.63) is 65.5 Å². The molecule has 0 unspecified atom stereocenters. The van der Waals surface area contributed by atoms with Crippen molar-refractivity contribution in [3.8, 4) is 0 Å². The summed E-state index contributed by atoms with van der Waals surface area (Å²) in [6.07, 6.45) is 0. The lowest BCUT2D eigenvalue weighted by molar-refractivity contribution is -0.114. The van der Waals surface area contributed by atoms with E-state index in [9.17, 15) is 9.18 Å². The summed E-state index contributed by atoms with van der Waals surface area (Å²) in [6.45, 7) is 4.10. The second-order valence-corrected chi connectivity index (χ2v) is 5.04. The molecule has 2 aromatic rings. The van der Waals surface area contributed by atoms with Crippen LogP contribution in [0.1, 0.15) is 31.0 Å². The molecule has 2 aromatic carbocycles. The molecule has 2 N–H and O–H groups in total. The van der Waals surface area contributed by atoms with Gasteiger partial charge in [0.25, 0.3) is 0 Å². The number of carbonyl (C=O) groups is 1. The van der Waals surface area contributed by atoms with Gasteiger partial charge in [0, 0.05) is 25.2 Å². The first kappa shape index (κ1) is 15.2. The Morgan fingerprint density at radius 2 is 1.95 bits per heavy atom. The van der Waals surface area contributed by atoms with Crippen molar-refractivity contribution in [2.45, 2.75) is 26.4 Å². The van der Waals surface area contributed by atoms with Crippen LogP contribution in [0.2, 0.25) is 0 Å². The fraction of sp³-hybridized carbons (Fsp3) is 0.235. The Bertz CT molecular complexity index is 628. The average Bonchev–Trinajstić information content (AvgIpc) is 2.44. The summed E-state index contributed by atoms with van der Waals surface area (Å²) in [5.74, 6) is -0.317. The number of anilines is 1. The minimum Gasteiger partial charge on any atom is -0.326 e. The molecule has 0 fully saturated rings. The Morgan fingerprint density at radius 3 is 2.67 bits per heavy atom. The smallest absolute Gasteiger partial charge is 0.221 e. The van der Waals surface area contributed by atoms with Crippen molar-refractivity contribution in [2.24, 2.45) is 0 Å². The molecule has 0 saturated heterocycles. The van der Waals surface area contributed by atoms with Crippen LogP contribution >= 0.6 is 0 Å². The fourth-order valence-electron chi connectivity index (χ4n) is 2.12. The highest BCUT2D eigenvalue weighted by molar-refractivity contribution is 5.88. The van der Waals surface area contributed by atoms with Gasteiger partial charge >= 0.3 is 0 Å². The van der Waals surface area contributed by atoms with Crippen molar-refractivity contribution in [1.29, 1.82) is 0 Å². The maximum atomic E-state index is 13.1. The molecule has 0 bridgehead atoms. The number of hydrogen-bond donors (Lipinski definition) is 2. The largest absolute Gasteiger partial charge is 0.326 e. The van der Waals surface area contributed by atoms with E-state index in [1.807, 2.05) is 37.3 Å². The van der Waals surface area contributed by atoms with E-state index in [0.717, 1.165) is 16.8 Å². The van der Waals surface area contributed by atoms with Gasteiger partial charge in [0.15, 0.2) is 0 Å². The molecule has 2 rings (SSSR count). The van der Waals surface area contributed by atoms with Gasteiger partial charge in [-0.3, -0.25) is 4.79 Å². The maximum Gasteiger partial charge on any atom is 0.221 e. The highest BCUT2D eigenvalue weighted by Crippen LogP contribution is 2.18. The van der Waals surface area contributed by atoms with Gasteiger partial charge in [0.05, 0.1) is 0 Å². The molecule has 4 heteroatoms. The van der Waals surface area contributed by atoms with Crippen LogP contribution in [0.25, 0.3) is 0 Å². The molecular weight excluding hydrogens is 267 g/mol. The first-order chi connectivity index (χ1) is 10.0. The summed E-state index contributed by atoms with van der Waals surface area (Å²) in [4.78, 5) is 11.1. The number of benzene rings is 2. The molecule has 0 aliphatic rings. The maximum absolute atomic E-state index is 13.1. The van der Waals surface area contributed by atoms with Crippen LogP contribution in [0.15, 0.2) is 48.5 Å². The van der Waals surface area contributed by atoms with Crippen molar-refractivity contribution >= 4 is 11.6 Å². The number of nitrogens with one attached hydrogen (secondary N) is 2. The molecule has 1 amide bonds. The second kappa shape index (κ2) is 6.99. The van der Waals surface area contributed by atoms with Crippen molar-refractivity contribution < 1.29 is 9.18 Å². The average molecular weight is 286 g/mol. The highest BCUT2D eigenvalue weighted by Gasteiger charge is 2.06. The van der Waals surface area contributed by atoms with Crippen LogP contribution in [-0.4, -0.2) is 5.91 Å². The van der Waals surface area contributed by atoms with E-state index in [2.05, 4.69) is 10.6 Å². The van der Waals surface area contributed by atoms with Crippen LogP contribution < -0.4 is 10.6 Å². The van der Waals surface area contributed by atoms with Gasteiger partial charge in [0.2, 0.25) is 5.91 Å². The third-order valence-electron chi connectivity index (χ3n) is 3.21. The Morgan fingerprint density at radius 1 is 1.19 bits per heavy atom. The number of hydrogen-bond acceptors (Lipinski definition) is 2. The van der Waals surface area contributed by atoms with E-state index < -0.39 is 0 Å². The monoisotopic (exact) mass is 286 g/mol. The molecule has 0 aromatic heterocycles. The van der Waals surface area contributed by atoms with Crippen molar-refractivity contribution in [3.63, 3.8) is 0 Å². The Kier molecular flexibility index (Phi) is 5.06. The zero-order chi connectivity index (χ0) is 15.2. The molecule has 0 spiro atoms. The minimum atomic E-state index is -0.227. The summed E-state index contributed by atoms with van der Waals surface area (Å²) in [5.41, 5.74) is 2.75. The molecule has 0 heterocycles. The summed E-state index contributed by atoms with van der Waals surface area (Å²) in [5, 5.41) is 6.11. The van der Waals surface area contributed by atoms with E-state index in [1.54, 1.807) is 6.07 Å². The number of halogens is 1. The van der Waals surface area contributed by atoms with Gasteiger partial charge in [-0.2, -0.15) is 0 Å². The van der Waals surface area contributed by atoms with Gasteiger partial charge in [0.1, 0.15) is 5.82 Å². The van der Waals surface area contributed by atoms with E-state index in [4.69, 9.17) is 0 Å². The van der Waals surface area contributed by atoms with E-state index in [0.29, 0.717) is 6.54 Å². The lowest BCUT2D eigenvalue weighted by atomic mass is 10.1. The first-order valence-electron chi connectivity index (χ1n) is 6.90. The molecule has 110 valence electrons. The Labute approximate surface area is 124 Å². The zero-order valence-electron chi connectivity index (χ0n) is 12.2. The molecule has 1 atom stereocenters. The molecular formula is C17H19FN2O. The predicted octanol–water partition coefficient (Wildman–Crippen LogP) is 3.63. The molecule has 0 saturated carbocycles. The summed E-state index contributed by atoms with van der Waals surface area (Å²) in [7, 11) is 0. The third kappa shape index (κ3) is 4.68. The van der Waals surface area contributed by atoms with Gasteiger partial charge < -0.3 is 10.6 Å². The summed E-state index contributed by atoms with van der Waals surface area (Å²) >= 11 is 0. The SMILES string of the molecule is CC(=O)Nc1cccc([C@H](C)NCc2cccc(F)c2)c1. The van der Waals surface area contributed by atoms with Gasteiger partial charge in [-0.15, -0.1) is 0 Å². The van der Waals surface area contributed by atoms with Crippen molar-refractivity contribution in [1.82, 2.24) is 5.32 Å². The molecule has 0 aliphatic carbocycles. The second-order valence-electron chi connectivity index (χ2n) is 5.04. The molecule has 0 aliphatic heterocycles. The van der Waals surface area contributed by atoms with E-state index in [1.165, 1.54) is 19.1 Å². The number of rotatable bonds is 5. The molecule has 0 radical (unpaired) electrons. The third-order valence-corrected chi connectivity index (χ3v) is 3.21. The molecule has 3 nitrogen and oxygen atoms in total. The zero-order valence-corrected chi connectivity index (χ0v) is 12.2. The van der Waals surface area contributed by atoms with Gasteiger partial charge in [-0.25, -0.2) is 4.39 Å². The van der Waals surface area contributed by atoms with Crippen LogP contribution in [0.3, 0.4) is 0 Å². The van der Waals surface area contributed by atoms with Gasteiger partial charge in [-0.05, 0) is 42.3 Å². The normalized spacial score (nSPS) is 12.0. The Hall–Kier alpha value is -2.20. The summed E-state index contributed by atoms with van der Waals surface area (Å²) in [6, 6.07) is 14.3. The molecule has 21 heavy (non-hydrogen) atoms. The van der Waals surface area contributed by atoms with E-state index >= 15 is 0 Å². The summed E-state index contributed by atoms with van der Waals surface area (Å²) < 4.78 is 13.1. The van der Waals surface area contributed by atoms with Crippen LogP contribution in [0, 0.1) is 5.82 Å². The van der Waals surface area contributed by atoms with Crippen LogP contribution in [0.4, 0.5) is 10.1 Å². The number of carbonyl (C=O) groups excluding carboxylic acids is 1. The quantitative estimate of drug-likeness (QED) is 0.881. The standard InChI is InChI=1S/C17H19FN2O/c1-12(19-11-14-5-3-7-16(18)9-14)15-6-4-8-17(10-15)20-13(2)21/h3-10,12,19H,11H2,1-2H3,(H,20,21)/t12-/m0/s1. The first-order valence-corrected chi connectivity index (χ1v) is 6.90.